The number of aryl methyl sites for hydroxylation is 2. The number of hydrogen-bond donors (Lipinski definition) is 0. The van der Waals surface area contributed by atoms with Crippen LogP contribution in [0, 0.1) is 0 Å². The lowest BCUT2D eigenvalue weighted by molar-refractivity contribution is -0.195. The van der Waals surface area contributed by atoms with Crippen LogP contribution in [-0.2, 0) is 46.5 Å². The van der Waals surface area contributed by atoms with Gasteiger partial charge in [0.05, 0.1) is 25.3 Å². The number of aldehydes is 1. The van der Waals surface area contributed by atoms with E-state index < -0.39 is 17.7 Å². The molecule has 0 bridgehead atoms. The van der Waals surface area contributed by atoms with E-state index in [4.69, 9.17) is 9.57 Å². The molecule has 0 aliphatic carbocycles. The summed E-state index contributed by atoms with van der Waals surface area (Å²) < 4.78 is 44.4. The van der Waals surface area contributed by atoms with Gasteiger partial charge >= 0.3 is 12.1 Å². The van der Waals surface area contributed by atoms with Crippen LogP contribution in [0.4, 0.5) is 13.2 Å². The molecule has 0 N–H and O–H groups in total. The highest BCUT2D eigenvalue weighted by Crippen LogP contribution is 2.29. The van der Waals surface area contributed by atoms with Crippen LogP contribution in [0.25, 0.3) is 0 Å². The topological polar surface area (TPSA) is 55.8 Å². The maximum absolute atomic E-state index is 12.8. The predicted molar refractivity (Wildman–Crippen MR) is 147 cm³/mol. The van der Waals surface area contributed by atoms with Gasteiger partial charge in [0.15, 0.2) is 0 Å². The molecule has 0 aliphatic heterocycles. The van der Waals surface area contributed by atoms with Gasteiger partial charge in [-0.15, -0.1) is 5.06 Å². The van der Waals surface area contributed by atoms with E-state index in [1.807, 2.05) is 36.4 Å². The molecular weight excluding hydrogens is 519 g/mol. The number of nitrogens with zero attached hydrogens (tertiary/aromatic N) is 1. The predicted octanol–water partition coefficient (Wildman–Crippen LogP) is 7.50. The first-order chi connectivity index (χ1) is 19.3. The van der Waals surface area contributed by atoms with Gasteiger partial charge in [0.2, 0.25) is 6.29 Å². The van der Waals surface area contributed by atoms with Gasteiger partial charge in [-0.1, -0.05) is 81.1 Å². The standard InChI is InChI=1S/C32H36F3NO4/c1-2-3-4-5-6-21-39-30-19-15-26(16-20-30)8-7-25-9-11-27(12-10-25)22-36(40-31(38)24-37)23-28-13-17-29(18-14-28)32(33,34)35/h9-20,24H,2-8,21-23H2,1H3. The van der Waals surface area contributed by atoms with Crippen LogP contribution < -0.4 is 4.74 Å². The van der Waals surface area contributed by atoms with E-state index in [2.05, 4.69) is 19.1 Å². The Morgan fingerprint density at radius 1 is 0.750 bits per heavy atom. The summed E-state index contributed by atoms with van der Waals surface area (Å²) in [5.41, 5.74) is 2.91. The Morgan fingerprint density at radius 3 is 1.77 bits per heavy atom. The number of rotatable bonds is 16. The van der Waals surface area contributed by atoms with Gasteiger partial charge in [0.1, 0.15) is 5.75 Å². The van der Waals surface area contributed by atoms with E-state index in [-0.39, 0.29) is 19.4 Å². The highest BCUT2D eigenvalue weighted by molar-refractivity contribution is 6.20. The Kier molecular flexibility index (Phi) is 12.2. The summed E-state index contributed by atoms with van der Waals surface area (Å²) in [6, 6.07) is 20.6. The van der Waals surface area contributed by atoms with Gasteiger partial charge in [0.25, 0.3) is 0 Å². The molecule has 214 valence electrons. The summed E-state index contributed by atoms with van der Waals surface area (Å²) >= 11 is 0. The van der Waals surface area contributed by atoms with Gasteiger partial charge in [-0.2, -0.15) is 13.2 Å². The maximum Gasteiger partial charge on any atom is 0.416 e. The fourth-order valence-corrected chi connectivity index (χ4v) is 4.22. The molecule has 5 nitrogen and oxygen atoms in total. The molecule has 0 saturated carbocycles. The minimum absolute atomic E-state index is 0.0258. The first-order valence-corrected chi connectivity index (χ1v) is 13.6. The summed E-state index contributed by atoms with van der Waals surface area (Å²) in [6.45, 7) is 3.14. The van der Waals surface area contributed by atoms with E-state index in [1.165, 1.54) is 48.4 Å². The second-order valence-corrected chi connectivity index (χ2v) is 9.74. The quantitative estimate of drug-likeness (QED) is 0.0793. The maximum atomic E-state index is 12.8. The molecule has 0 spiro atoms. The third-order valence-electron chi connectivity index (χ3n) is 6.48. The lowest BCUT2D eigenvalue weighted by Gasteiger charge is -2.20. The fourth-order valence-electron chi connectivity index (χ4n) is 4.22. The molecule has 8 heteroatoms. The second-order valence-electron chi connectivity index (χ2n) is 9.74. The average molecular weight is 556 g/mol. The third-order valence-corrected chi connectivity index (χ3v) is 6.48. The number of carbonyl (C=O) groups excluding carboxylic acids is 2. The number of ether oxygens (including phenoxy) is 1. The van der Waals surface area contributed by atoms with Crippen molar-refractivity contribution < 1.29 is 32.3 Å². The summed E-state index contributed by atoms with van der Waals surface area (Å²) in [6.07, 6.45) is 3.37. The number of halogens is 3. The average Bonchev–Trinajstić information content (AvgIpc) is 2.95. The van der Waals surface area contributed by atoms with Crippen molar-refractivity contribution in [1.29, 1.82) is 0 Å². The molecule has 0 heterocycles. The normalized spacial score (nSPS) is 11.4. The Balaban J connectivity index is 1.50. The first-order valence-electron chi connectivity index (χ1n) is 13.6. The van der Waals surface area contributed by atoms with Crippen LogP contribution in [0.2, 0.25) is 0 Å². The summed E-state index contributed by atoms with van der Waals surface area (Å²) in [5.74, 6) is -0.188. The van der Waals surface area contributed by atoms with Crippen molar-refractivity contribution in [2.24, 2.45) is 0 Å². The van der Waals surface area contributed by atoms with Gasteiger partial charge < -0.3 is 9.57 Å². The lowest BCUT2D eigenvalue weighted by Crippen LogP contribution is -2.27. The van der Waals surface area contributed by atoms with E-state index in [0.29, 0.717) is 5.56 Å². The van der Waals surface area contributed by atoms with Crippen LogP contribution in [0.3, 0.4) is 0 Å². The summed E-state index contributed by atoms with van der Waals surface area (Å²) in [4.78, 5) is 27.5. The van der Waals surface area contributed by atoms with E-state index >= 15 is 0 Å². The minimum Gasteiger partial charge on any atom is -0.494 e. The Labute approximate surface area is 233 Å². The van der Waals surface area contributed by atoms with Crippen molar-refractivity contribution in [2.45, 2.75) is 71.1 Å². The smallest absolute Gasteiger partial charge is 0.416 e. The Morgan fingerprint density at radius 2 is 1.25 bits per heavy atom. The zero-order chi connectivity index (χ0) is 28.8. The van der Waals surface area contributed by atoms with Crippen molar-refractivity contribution in [3.8, 4) is 5.75 Å². The van der Waals surface area contributed by atoms with E-state index in [1.54, 1.807) is 0 Å². The molecular formula is C32H36F3NO4. The monoisotopic (exact) mass is 555 g/mol. The Hall–Kier alpha value is -3.65. The molecule has 0 fully saturated rings. The number of unbranched alkanes of at least 4 members (excludes halogenated alkanes) is 4. The number of hydrogen-bond acceptors (Lipinski definition) is 5. The zero-order valence-corrected chi connectivity index (χ0v) is 22.8. The summed E-state index contributed by atoms with van der Waals surface area (Å²) in [5, 5.41) is 1.25. The van der Waals surface area contributed by atoms with Crippen molar-refractivity contribution in [3.63, 3.8) is 0 Å². The molecule has 0 unspecified atom stereocenters. The largest absolute Gasteiger partial charge is 0.494 e. The molecule has 3 aromatic rings. The van der Waals surface area contributed by atoms with Crippen LogP contribution in [0.5, 0.6) is 5.75 Å². The van der Waals surface area contributed by atoms with Gasteiger partial charge in [-0.05, 0) is 65.8 Å². The van der Waals surface area contributed by atoms with Crippen LogP contribution in [-0.4, -0.2) is 23.9 Å². The van der Waals surface area contributed by atoms with Crippen LogP contribution in [0.1, 0.15) is 66.8 Å². The molecule has 3 aromatic carbocycles. The molecule has 0 aromatic heterocycles. The number of hydroxylamine groups is 2. The SMILES string of the molecule is CCCCCCCOc1ccc(CCc2ccc(CN(Cc3ccc(C(F)(F)F)cc3)OC(=O)C=O)cc2)cc1. The molecule has 0 saturated heterocycles. The third kappa shape index (κ3) is 10.8. The highest BCUT2D eigenvalue weighted by atomic mass is 19.4. The van der Waals surface area contributed by atoms with Gasteiger partial charge in [0, 0.05) is 0 Å². The molecule has 0 amide bonds. The number of benzene rings is 3. The van der Waals surface area contributed by atoms with Gasteiger partial charge in [-0.25, -0.2) is 4.79 Å². The number of carbonyl (C=O) groups is 2. The Bertz CT molecular complexity index is 1180. The zero-order valence-electron chi connectivity index (χ0n) is 22.8. The highest BCUT2D eigenvalue weighted by Gasteiger charge is 2.30. The second kappa shape index (κ2) is 15.8. The molecule has 0 aliphatic rings. The molecule has 0 radical (unpaired) electrons. The summed E-state index contributed by atoms with van der Waals surface area (Å²) in [7, 11) is 0. The minimum atomic E-state index is -4.44. The van der Waals surface area contributed by atoms with Crippen molar-refractivity contribution in [2.75, 3.05) is 6.61 Å². The van der Waals surface area contributed by atoms with Crippen LogP contribution >= 0.6 is 0 Å². The van der Waals surface area contributed by atoms with E-state index in [0.717, 1.165) is 54.9 Å². The van der Waals surface area contributed by atoms with Crippen molar-refractivity contribution in [1.82, 2.24) is 5.06 Å². The number of alkyl halides is 3. The van der Waals surface area contributed by atoms with E-state index in [9.17, 15) is 22.8 Å². The molecule has 0 atom stereocenters. The molecule has 40 heavy (non-hydrogen) atoms. The first kappa shape index (κ1) is 30.9. The van der Waals surface area contributed by atoms with Gasteiger partial charge in [-0.3, -0.25) is 4.79 Å². The van der Waals surface area contributed by atoms with Crippen molar-refractivity contribution >= 4 is 12.3 Å². The lowest BCUT2D eigenvalue weighted by atomic mass is 10.0. The fraction of sp³-hybridized carbons (Fsp3) is 0.375. The van der Waals surface area contributed by atoms with Crippen molar-refractivity contribution in [3.05, 3.63) is 101 Å². The van der Waals surface area contributed by atoms with Crippen LogP contribution in [0.15, 0.2) is 72.8 Å². The molecule has 3 rings (SSSR count).